The van der Waals surface area contributed by atoms with E-state index in [4.69, 9.17) is 5.73 Å². The van der Waals surface area contributed by atoms with Crippen molar-refractivity contribution in [2.24, 2.45) is 10.7 Å². The number of nitrogens with two attached hydrogens (primary N) is 1. The van der Waals surface area contributed by atoms with Gasteiger partial charge in [-0.15, -0.1) is 0 Å². The number of rotatable bonds is 4. The van der Waals surface area contributed by atoms with E-state index < -0.39 is 5.54 Å². The van der Waals surface area contributed by atoms with Crippen molar-refractivity contribution in [3.63, 3.8) is 0 Å². The van der Waals surface area contributed by atoms with E-state index in [1.165, 1.54) is 23.9 Å². The highest BCUT2D eigenvalue weighted by molar-refractivity contribution is 8.13. The van der Waals surface area contributed by atoms with Crippen LogP contribution >= 0.6 is 11.8 Å². The fraction of sp³-hybridized carbons (Fsp3) is 0.190. The second kappa shape index (κ2) is 7.71. The Kier molecular flexibility index (Phi) is 5.10. The molecule has 148 valence electrons. The van der Waals surface area contributed by atoms with E-state index in [0.717, 1.165) is 11.3 Å². The monoisotopic (exact) mass is 409 g/mol. The van der Waals surface area contributed by atoms with Crippen LogP contribution in [0.15, 0.2) is 59.6 Å². The number of hydrogen-bond donors (Lipinski definition) is 3. The Hall–Kier alpha value is -3.13. The number of nitrogens with zero attached hydrogens (tertiary/aromatic N) is 2. The first-order chi connectivity index (χ1) is 13.9. The van der Waals surface area contributed by atoms with Crippen LogP contribution in [0.1, 0.15) is 29.4 Å². The molecular weight excluding hydrogens is 389 g/mol. The SMILES string of the molecule is CC1(c2cc(NC(=O)c3cc(-c4ccccc4)n[nH]3)ccc2F)CCSC(N)=N1. The molecule has 0 bridgehead atoms. The molecule has 0 spiro atoms. The first-order valence-corrected chi connectivity index (χ1v) is 10.1. The predicted molar refractivity (Wildman–Crippen MR) is 114 cm³/mol. The van der Waals surface area contributed by atoms with Crippen LogP contribution in [0.25, 0.3) is 11.3 Å². The van der Waals surface area contributed by atoms with Gasteiger partial charge in [0.25, 0.3) is 5.91 Å². The number of amides is 1. The summed E-state index contributed by atoms with van der Waals surface area (Å²) in [6.45, 7) is 1.85. The molecule has 1 aliphatic rings. The summed E-state index contributed by atoms with van der Waals surface area (Å²) in [4.78, 5) is 17.1. The maximum atomic E-state index is 14.5. The molecule has 0 saturated carbocycles. The van der Waals surface area contributed by atoms with Crippen LogP contribution in [-0.4, -0.2) is 27.0 Å². The lowest BCUT2D eigenvalue weighted by Gasteiger charge is -2.30. The third-order valence-corrected chi connectivity index (χ3v) is 5.69. The molecule has 4 N–H and O–H groups in total. The molecule has 1 aromatic heterocycles. The molecule has 0 fully saturated rings. The number of H-pyrrole nitrogens is 1. The predicted octanol–water partition coefficient (Wildman–Crippen LogP) is 4.13. The Morgan fingerprint density at radius 3 is 2.79 bits per heavy atom. The summed E-state index contributed by atoms with van der Waals surface area (Å²) in [7, 11) is 0. The average Bonchev–Trinajstić information content (AvgIpc) is 3.20. The standard InChI is InChI=1S/C21H20FN5OS/c1-21(9-10-29-20(23)25-21)15-11-14(7-8-16(15)22)24-19(28)18-12-17(26-27-18)13-5-3-2-4-6-13/h2-8,11-12H,9-10H2,1H3,(H2,23,25)(H,24,28)(H,26,27). The van der Waals surface area contributed by atoms with E-state index in [2.05, 4.69) is 20.5 Å². The average molecular weight is 409 g/mol. The summed E-state index contributed by atoms with van der Waals surface area (Å²) in [6, 6.07) is 15.7. The van der Waals surface area contributed by atoms with Crippen molar-refractivity contribution in [2.45, 2.75) is 18.9 Å². The number of carbonyl (C=O) groups is 1. The van der Waals surface area contributed by atoms with E-state index in [-0.39, 0.29) is 11.7 Å². The summed E-state index contributed by atoms with van der Waals surface area (Å²) in [6.07, 6.45) is 0.660. The summed E-state index contributed by atoms with van der Waals surface area (Å²) < 4.78 is 14.5. The quantitative estimate of drug-likeness (QED) is 0.603. The van der Waals surface area contributed by atoms with Gasteiger partial charge < -0.3 is 11.1 Å². The molecule has 4 rings (SSSR count). The number of aliphatic imine (C=N–C) groups is 1. The maximum absolute atomic E-state index is 14.5. The van der Waals surface area contributed by atoms with Gasteiger partial charge in [0.15, 0.2) is 5.17 Å². The van der Waals surface area contributed by atoms with Gasteiger partial charge in [-0.05, 0) is 37.6 Å². The largest absolute Gasteiger partial charge is 0.379 e. The van der Waals surface area contributed by atoms with Crippen LogP contribution in [0.4, 0.5) is 10.1 Å². The minimum atomic E-state index is -0.755. The van der Waals surface area contributed by atoms with Gasteiger partial charge in [0, 0.05) is 22.6 Å². The lowest BCUT2D eigenvalue weighted by atomic mass is 9.89. The highest BCUT2D eigenvalue weighted by atomic mass is 32.2. The van der Waals surface area contributed by atoms with Crippen molar-refractivity contribution in [3.05, 3.63) is 71.7 Å². The molecule has 1 amide bonds. The van der Waals surface area contributed by atoms with E-state index in [9.17, 15) is 9.18 Å². The summed E-state index contributed by atoms with van der Waals surface area (Å²) in [5.41, 5.74) is 7.89. The lowest BCUT2D eigenvalue weighted by Crippen LogP contribution is -2.29. The molecule has 1 unspecified atom stereocenters. The lowest BCUT2D eigenvalue weighted by molar-refractivity contribution is 0.102. The number of nitrogens with one attached hydrogen (secondary N) is 2. The summed E-state index contributed by atoms with van der Waals surface area (Å²) in [5, 5.41) is 10.2. The fourth-order valence-corrected chi connectivity index (χ4v) is 4.26. The zero-order valence-corrected chi connectivity index (χ0v) is 16.6. The van der Waals surface area contributed by atoms with Crippen LogP contribution in [0.2, 0.25) is 0 Å². The Bertz CT molecular complexity index is 1080. The third-order valence-electron chi connectivity index (χ3n) is 4.89. The number of benzene rings is 2. The molecule has 2 aromatic carbocycles. The number of halogens is 1. The van der Waals surface area contributed by atoms with E-state index >= 15 is 0 Å². The van der Waals surface area contributed by atoms with Crippen LogP contribution in [0.5, 0.6) is 0 Å². The van der Waals surface area contributed by atoms with Crippen molar-refractivity contribution in [3.8, 4) is 11.3 Å². The topological polar surface area (TPSA) is 96.2 Å². The Morgan fingerprint density at radius 1 is 1.24 bits per heavy atom. The molecule has 2 heterocycles. The first kappa shape index (κ1) is 19.2. The van der Waals surface area contributed by atoms with Gasteiger partial charge in [-0.3, -0.25) is 14.9 Å². The molecule has 1 atom stereocenters. The van der Waals surface area contributed by atoms with Gasteiger partial charge >= 0.3 is 0 Å². The number of aromatic nitrogens is 2. The number of hydrogen-bond acceptors (Lipinski definition) is 5. The normalized spacial score (nSPS) is 18.9. The highest BCUT2D eigenvalue weighted by Gasteiger charge is 2.32. The van der Waals surface area contributed by atoms with E-state index in [1.807, 2.05) is 37.3 Å². The maximum Gasteiger partial charge on any atom is 0.273 e. The number of amidine groups is 1. The number of anilines is 1. The third kappa shape index (κ3) is 4.02. The van der Waals surface area contributed by atoms with Crippen molar-refractivity contribution in [1.82, 2.24) is 10.2 Å². The van der Waals surface area contributed by atoms with Crippen LogP contribution in [0, 0.1) is 5.82 Å². The first-order valence-electron chi connectivity index (χ1n) is 9.15. The zero-order valence-electron chi connectivity index (χ0n) is 15.8. The molecule has 0 aliphatic carbocycles. The minimum Gasteiger partial charge on any atom is -0.379 e. The number of aromatic amines is 1. The van der Waals surface area contributed by atoms with Crippen molar-refractivity contribution < 1.29 is 9.18 Å². The van der Waals surface area contributed by atoms with Crippen molar-refractivity contribution >= 4 is 28.5 Å². The molecule has 3 aromatic rings. The fourth-order valence-electron chi connectivity index (χ4n) is 3.29. The molecule has 0 saturated heterocycles. The summed E-state index contributed by atoms with van der Waals surface area (Å²) >= 11 is 1.46. The van der Waals surface area contributed by atoms with Gasteiger partial charge in [0.2, 0.25) is 0 Å². The second-order valence-electron chi connectivity index (χ2n) is 7.00. The molecule has 1 aliphatic heterocycles. The van der Waals surface area contributed by atoms with Gasteiger partial charge in [-0.25, -0.2) is 4.39 Å². The molecule has 6 nitrogen and oxygen atoms in total. The van der Waals surface area contributed by atoms with E-state index in [1.54, 1.807) is 12.1 Å². The van der Waals surface area contributed by atoms with Crippen LogP contribution < -0.4 is 11.1 Å². The highest BCUT2D eigenvalue weighted by Crippen LogP contribution is 2.37. The van der Waals surface area contributed by atoms with Gasteiger partial charge in [-0.2, -0.15) is 5.10 Å². The zero-order chi connectivity index (χ0) is 20.4. The van der Waals surface area contributed by atoms with Gasteiger partial charge in [0.1, 0.15) is 11.5 Å². The summed E-state index contributed by atoms with van der Waals surface area (Å²) in [5.74, 6) is 0.0320. The molecule has 8 heteroatoms. The van der Waals surface area contributed by atoms with Gasteiger partial charge in [-0.1, -0.05) is 42.1 Å². The molecule has 29 heavy (non-hydrogen) atoms. The van der Waals surface area contributed by atoms with Crippen molar-refractivity contribution in [1.29, 1.82) is 0 Å². The van der Waals surface area contributed by atoms with Crippen LogP contribution in [-0.2, 0) is 5.54 Å². The smallest absolute Gasteiger partial charge is 0.273 e. The molecule has 0 radical (unpaired) electrons. The van der Waals surface area contributed by atoms with Gasteiger partial charge in [0.05, 0.1) is 11.2 Å². The Balaban J connectivity index is 1.57. The van der Waals surface area contributed by atoms with Crippen molar-refractivity contribution in [2.75, 3.05) is 11.1 Å². The number of thioether (sulfide) groups is 1. The Morgan fingerprint density at radius 2 is 2.03 bits per heavy atom. The van der Waals surface area contributed by atoms with E-state index in [0.29, 0.717) is 34.2 Å². The van der Waals surface area contributed by atoms with Crippen LogP contribution in [0.3, 0.4) is 0 Å². The molecular formula is C21H20FN5OS. The Labute approximate surface area is 171 Å². The number of carbonyl (C=O) groups excluding carboxylic acids is 1. The minimum absolute atomic E-state index is 0.317. The second-order valence-corrected chi connectivity index (χ2v) is 8.12.